The van der Waals surface area contributed by atoms with E-state index in [4.69, 9.17) is 5.53 Å². The summed E-state index contributed by atoms with van der Waals surface area (Å²) in [6.45, 7) is 0. The number of sulfonamides is 1. The second kappa shape index (κ2) is 11.2. The first-order valence-electron chi connectivity index (χ1n) is 9.87. The van der Waals surface area contributed by atoms with Crippen LogP contribution in [0, 0.1) is 5.53 Å². The van der Waals surface area contributed by atoms with Crippen LogP contribution >= 0.6 is 0 Å². The Kier molecular flexibility index (Phi) is 8.69. The Bertz CT molecular complexity index is 1130. The molecule has 12 heteroatoms. The molecule has 0 saturated heterocycles. The Balaban J connectivity index is 2.07. The number of ketones is 1. The number of hydrazine groups is 1. The molecule has 0 fully saturated rings. The highest BCUT2D eigenvalue weighted by Gasteiger charge is 2.22. The summed E-state index contributed by atoms with van der Waals surface area (Å²) >= 11 is 0. The van der Waals surface area contributed by atoms with Gasteiger partial charge in [0.05, 0.1) is 38.6 Å². The molecule has 1 atom stereocenters. The van der Waals surface area contributed by atoms with E-state index in [1.165, 1.54) is 12.1 Å². The first-order valence-corrected chi connectivity index (χ1v) is 11.4. The maximum atomic E-state index is 12.6. The molecule has 2 aromatic carbocycles. The number of nitrogens with one attached hydrogen (secondary N) is 3. The number of carboxylic acids is 1. The van der Waals surface area contributed by atoms with Crippen LogP contribution in [0.2, 0.25) is 0 Å². The monoisotopic (exact) mass is 474 g/mol. The molecule has 0 saturated carbocycles. The number of anilines is 3. The fourth-order valence-electron chi connectivity index (χ4n) is 2.84. The molecular formula is C21H26N6O5S. The van der Waals surface area contributed by atoms with Crippen LogP contribution in [0.3, 0.4) is 0 Å². The van der Waals surface area contributed by atoms with Crippen molar-refractivity contribution in [3.63, 3.8) is 0 Å². The first kappa shape index (κ1) is 25.5. The van der Waals surface area contributed by atoms with Gasteiger partial charge in [-0.05, 0) is 55.0 Å². The summed E-state index contributed by atoms with van der Waals surface area (Å²) in [7, 11) is 1.49. The molecule has 0 aliphatic heterocycles. The molecule has 2 rings (SSSR count). The summed E-state index contributed by atoms with van der Waals surface area (Å²) in [4.78, 5) is 27.4. The fourth-order valence-corrected chi connectivity index (χ4v) is 4.06. The van der Waals surface area contributed by atoms with Gasteiger partial charge in [0.1, 0.15) is 0 Å². The lowest BCUT2D eigenvalue weighted by Crippen LogP contribution is -2.48. The second-order valence-electron chi connectivity index (χ2n) is 7.36. The van der Waals surface area contributed by atoms with Crippen LogP contribution in [0.15, 0.2) is 53.4 Å². The van der Waals surface area contributed by atoms with E-state index >= 15 is 0 Å². The van der Waals surface area contributed by atoms with E-state index in [0.29, 0.717) is 5.69 Å². The SMILES string of the molecule is CN(C)c1ccc(NN(C)c2ccc(S(=O)(=O)NC(CCC(=O)C=[N+]=N)C(=O)[O-])cc2)cc1. The van der Waals surface area contributed by atoms with Gasteiger partial charge in [-0.2, -0.15) is 0 Å². The summed E-state index contributed by atoms with van der Waals surface area (Å²) in [6, 6.07) is 12.0. The fraction of sp³-hybridized carbons (Fsp3) is 0.286. The van der Waals surface area contributed by atoms with E-state index < -0.39 is 27.8 Å². The number of benzene rings is 2. The number of aliphatic carboxylic acids is 1. The minimum absolute atomic E-state index is 0.139. The third kappa shape index (κ3) is 7.42. The number of carbonyl (C=O) groups is 2. The smallest absolute Gasteiger partial charge is 0.372 e. The average molecular weight is 475 g/mol. The van der Waals surface area contributed by atoms with Crippen LogP contribution in [-0.4, -0.2) is 58.4 Å². The van der Waals surface area contributed by atoms with Gasteiger partial charge < -0.3 is 14.8 Å². The molecule has 0 aliphatic carbocycles. The van der Waals surface area contributed by atoms with Crippen molar-refractivity contribution in [2.45, 2.75) is 23.8 Å². The van der Waals surface area contributed by atoms with Crippen LogP contribution in [0.4, 0.5) is 17.1 Å². The summed E-state index contributed by atoms with van der Waals surface area (Å²) in [5.41, 5.74) is 12.3. The molecule has 0 radical (unpaired) electrons. The summed E-state index contributed by atoms with van der Waals surface area (Å²) in [5, 5.41) is 13.0. The number of nitrogens with zero attached hydrogens (tertiary/aromatic N) is 3. The van der Waals surface area contributed by atoms with Crippen LogP contribution in [0.25, 0.3) is 0 Å². The molecule has 0 heterocycles. The number of carboxylic acid groups (broad SMARTS) is 1. The number of carbonyl (C=O) groups excluding carboxylic acids is 2. The maximum absolute atomic E-state index is 12.6. The van der Waals surface area contributed by atoms with E-state index in [9.17, 15) is 23.1 Å². The van der Waals surface area contributed by atoms with Crippen LogP contribution in [0.5, 0.6) is 0 Å². The van der Waals surface area contributed by atoms with Gasteiger partial charge in [0.2, 0.25) is 15.8 Å². The average Bonchev–Trinajstić information content (AvgIpc) is 2.77. The van der Waals surface area contributed by atoms with Gasteiger partial charge in [0.25, 0.3) is 0 Å². The lowest BCUT2D eigenvalue weighted by atomic mass is 10.1. The largest absolute Gasteiger partial charge is 0.548 e. The number of rotatable bonds is 12. The van der Waals surface area contributed by atoms with Crippen LogP contribution in [0.1, 0.15) is 12.8 Å². The molecule has 0 spiro atoms. The van der Waals surface area contributed by atoms with Crippen LogP contribution in [-0.2, 0) is 19.6 Å². The molecule has 33 heavy (non-hydrogen) atoms. The van der Waals surface area contributed by atoms with E-state index in [0.717, 1.165) is 17.6 Å². The first-order chi connectivity index (χ1) is 15.5. The number of Topliss-reactive ketones (excluding diaryl/α,β-unsaturated/α-hetero) is 1. The van der Waals surface area contributed by atoms with Gasteiger partial charge in [0, 0.05) is 33.3 Å². The lowest BCUT2D eigenvalue weighted by molar-refractivity contribution is -0.308. The van der Waals surface area contributed by atoms with Crippen molar-refractivity contribution in [1.82, 2.24) is 4.72 Å². The third-order valence-electron chi connectivity index (χ3n) is 4.68. The van der Waals surface area contributed by atoms with Crippen molar-refractivity contribution < 1.29 is 27.9 Å². The lowest BCUT2D eigenvalue weighted by Gasteiger charge is -2.23. The zero-order valence-electron chi connectivity index (χ0n) is 18.5. The topological polar surface area (TPSA) is 160 Å². The van der Waals surface area contributed by atoms with Gasteiger partial charge in [-0.3, -0.25) is 15.2 Å². The molecule has 0 aromatic heterocycles. The molecule has 1 unspecified atom stereocenters. The molecule has 0 aliphatic rings. The molecule has 11 nitrogen and oxygen atoms in total. The molecule has 3 N–H and O–H groups in total. The normalized spacial score (nSPS) is 11.7. The van der Waals surface area contributed by atoms with Crippen molar-refractivity contribution in [2.24, 2.45) is 0 Å². The molecule has 0 amide bonds. The van der Waals surface area contributed by atoms with Crippen molar-refractivity contribution in [3.05, 3.63) is 48.5 Å². The summed E-state index contributed by atoms with van der Waals surface area (Å²) < 4.78 is 27.2. The van der Waals surface area contributed by atoms with Crippen LogP contribution < -0.4 is 25.2 Å². The van der Waals surface area contributed by atoms with E-state index in [1.807, 2.05) is 48.0 Å². The Morgan fingerprint density at radius 2 is 1.64 bits per heavy atom. The standard InChI is InChI=1S/C21H26N6O5S/c1-26(2)16-6-4-15(5-7-16)24-27(3)17-8-11-19(12-9-17)33(31,32)25-20(21(29)30)13-10-18(28)14-23-22/h4-9,11-12,14,20,22,24-25H,10,13H2,1-3H3. The molecule has 0 bridgehead atoms. The Labute approximate surface area is 192 Å². The van der Waals surface area contributed by atoms with Gasteiger partial charge in [-0.25, -0.2) is 13.1 Å². The zero-order valence-corrected chi connectivity index (χ0v) is 19.3. The van der Waals surface area contributed by atoms with Crippen molar-refractivity contribution in [1.29, 1.82) is 5.53 Å². The summed E-state index contributed by atoms with van der Waals surface area (Å²) in [6.07, 6.45) is 0.0962. The number of hydrogen-bond acceptors (Lipinski definition) is 9. The van der Waals surface area contributed by atoms with E-state index in [2.05, 4.69) is 10.2 Å². The van der Waals surface area contributed by atoms with Crippen molar-refractivity contribution in [2.75, 3.05) is 36.5 Å². The number of hydrogen-bond donors (Lipinski definition) is 3. The van der Waals surface area contributed by atoms with Gasteiger partial charge >= 0.3 is 6.21 Å². The molecular weight excluding hydrogens is 448 g/mol. The van der Waals surface area contributed by atoms with Gasteiger partial charge in [0.15, 0.2) is 0 Å². The minimum atomic E-state index is -4.18. The highest BCUT2D eigenvalue weighted by atomic mass is 32.2. The Morgan fingerprint density at radius 1 is 1.06 bits per heavy atom. The van der Waals surface area contributed by atoms with Crippen molar-refractivity contribution in [3.8, 4) is 0 Å². The quantitative estimate of drug-likeness (QED) is 0.171. The van der Waals surface area contributed by atoms with E-state index in [1.54, 1.807) is 24.2 Å². The van der Waals surface area contributed by atoms with E-state index in [-0.39, 0.29) is 17.7 Å². The van der Waals surface area contributed by atoms with Crippen molar-refractivity contribution >= 4 is 45.1 Å². The maximum Gasteiger partial charge on any atom is 0.372 e. The zero-order chi connectivity index (χ0) is 24.6. The van der Waals surface area contributed by atoms with Gasteiger partial charge in [-0.1, -0.05) is 0 Å². The highest BCUT2D eigenvalue weighted by Crippen LogP contribution is 2.20. The Morgan fingerprint density at radius 3 is 2.15 bits per heavy atom. The predicted octanol–water partition coefficient (Wildman–Crippen LogP) is 0.272. The molecule has 2 aromatic rings. The summed E-state index contributed by atoms with van der Waals surface area (Å²) in [5.74, 6) is -2.25. The second-order valence-corrected chi connectivity index (χ2v) is 9.08. The highest BCUT2D eigenvalue weighted by molar-refractivity contribution is 7.89. The Hall–Kier alpha value is -3.73. The minimum Gasteiger partial charge on any atom is -0.548 e. The molecule has 176 valence electrons. The third-order valence-corrected chi connectivity index (χ3v) is 6.17. The predicted molar refractivity (Wildman–Crippen MR) is 122 cm³/mol. The van der Waals surface area contributed by atoms with Gasteiger partial charge in [-0.15, -0.1) is 0 Å².